The van der Waals surface area contributed by atoms with E-state index in [9.17, 15) is 18.3 Å². The number of rotatable bonds is 8. The highest BCUT2D eigenvalue weighted by Crippen LogP contribution is 2.38. The summed E-state index contributed by atoms with van der Waals surface area (Å²) in [5, 5.41) is 16.3. The molecule has 1 fully saturated rings. The molecule has 3 atom stereocenters. The maximum Gasteiger partial charge on any atom is 0.405 e. The van der Waals surface area contributed by atoms with Gasteiger partial charge in [0, 0.05) is 6.04 Å². The monoisotopic (exact) mass is 467 g/mol. The van der Waals surface area contributed by atoms with Crippen LogP contribution < -0.4 is 10.6 Å². The molecule has 0 bridgehead atoms. The zero-order valence-corrected chi connectivity index (χ0v) is 19.1. The molecule has 10 heteroatoms. The molecule has 0 spiro atoms. The molecular formula is C22H28F3N5OS. The molecule has 2 aromatic heterocycles. The summed E-state index contributed by atoms with van der Waals surface area (Å²) >= 11 is 1.46. The first-order valence-corrected chi connectivity index (χ1v) is 11.3. The highest BCUT2D eigenvalue weighted by atomic mass is 32.1. The van der Waals surface area contributed by atoms with E-state index in [-0.39, 0.29) is 17.9 Å². The third-order valence-corrected chi connectivity index (χ3v) is 6.60. The van der Waals surface area contributed by atoms with Crippen LogP contribution in [0.15, 0.2) is 18.7 Å². The van der Waals surface area contributed by atoms with Gasteiger partial charge in [-0.3, -0.25) is 0 Å². The topological polar surface area (TPSA) is 83.0 Å². The van der Waals surface area contributed by atoms with E-state index in [4.69, 9.17) is 0 Å². The molecule has 3 rings (SSSR count). The number of hydrogen-bond donors (Lipinski definition) is 3. The van der Waals surface area contributed by atoms with Gasteiger partial charge in [0.15, 0.2) is 0 Å². The van der Waals surface area contributed by atoms with Crippen molar-refractivity contribution in [3.05, 3.63) is 35.0 Å². The van der Waals surface area contributed by atoms with Gasteiger partial charge in [0.25, 0.3) is 0 Å². The summed E-state index contributed by atoms with van der Waals surface area (Å²) in [5.74, 6) is 0.544. The Morgan fingerprint density at radius 3 is 2.59 bits per heavy atom. The van der Waals surface area contributed by atoms with Crippen molar-refractivity contribution in [3.63, 3.8) is 0 Å². The molecule has 174 valence electrons. The van der Waals surface area contributed by atoms with Crippen LogP contribution in [0.1, 0.15) is 42.5 Å². The quantitative estimate of drug-likeness (QED) is 0.454. The van der Waals surface area contributed by atoms with Gasteiger partial charge in [0.05, 0.1) is 27.9 Å². The van der Waals surface area contributed by atoms with E-state index in [1.807, 2.05) is 19.1 Å². The number of aryl methyl sites for hydroxylation is 2. The molecule has 3 unspecified atom stereocenters. The van der Waals surface area contributed by atoms with E-state index in [2.05, 4.69) is 32.2 Å². The van der Waals surface area contributed by atoms with Gasteiger partial charge in [-0.1, -0.05) is 18.7 Å². The number of hydrogen-bond acceptors (Lipinski definition) is 7. The number of aliphatic hydroxyl groups excluding tert-OH is 1. The van der Waals surface area contributed by atoms with Gasteiger partial charge in [0.2, 0.25) is 5.95 Å². The fraction of sp³-hybridized carbons (Fsp3) is 0.500. The molecule has 0 amide bonds. The number of aromatic nitrogens is 3. The third kappa shape index (κ3) is 6.07. The molecule has 0 saturated heterocycles. The first-order chi connectivity index (χ1) is 15.1. The number of allylic oxidation sites excluding steroid dienone is 2. The lowest BCUT2D eigenvalue weighted by molar-refractivity contribution is -0.115. The van der Waals surface area contributed by atoms with Crippen LogP contribution in [0.3, 0.4) is 0 Å². The molecule has 0 aromatic carbocycles. The smallest absolute Gasteiger partial charge is 0.393 e. The first kappa shape index (κ1) is 24.2. The number of halogens is 3. The number of alkyl halides is 3. The van der Waals surface area contributed by atoms with E-state index in [0.717, 1.165) is 29.8 Å². The lowest BCUT2D eigenvalue weighted by atomic mass is 10.0. The minimum atomic E-state index is -4.38. The standard InChI is InChI=1S/C22H28F3N5OS/c1-5-6-7-17-12(2)27-20(32-17)18-13(3)28-21(26-11-22(23,24)25)30-19(18)29-16-9-8-15(10-16)14(4)31/h5-7,14-16,31H,1,8-11H2,2-4H3,(H2,26,28,29,30)/b7-6-. The summed E-state index contributed by atoms with van der Waals surface area (Å²) in [5.41, 5.74) is 2.04. The number of anilines is 2. The molecule has 2 aromatic rings. The molecular weight excluding hydrogens is 439 g/mol. The largest absolute Gasteiger partial charge is 0.405 e. The maximum atomic E-state index is 12.7. The van der Waals surface area contributed by atoms with Gasteiger partial charge in [-0.15, -0.1) is 11.3 Å². The van der Waals surface area contributed by atoms with Gasteiger partial charge in [0.1, 0.15) is 17.4 Å². The van der Waals surface area contributed by atoms with E-state index in [1.165, 1.54) is 11.3 Å². The van der Waals surface area contributed by atoms with Crippen molar-refractivity contribution >= 4 is 29.2 Å². The Labute approximate surface area is 189 Å². The number of nitrogens with zero attached hydrogens (tertiary/aromatic N) is 3. The lowest BCUT2D eigenvalue weighted by Crippen LogP contribution is -2.24. The van der Waals surface area contributed by atoms with Crippen molar-refractivity contribution < 1.29 is 18.3 Å². The van der Waals surface area contributed by atoms with Crippen molar-refractivity contribution in [3.8, 4) is 10.6 Å². The maximum absolute atomic E-state index is 12.7. The van der Waals surface area contributed by atoms with E-state index < -0.39 is 18.8 Å². The Morgan fingerprint density at radius 2 is 1.97 bits per heavy atom. The van der Waals surface area contributed by atoms with Crippen molar-refractivity contribution in [2.75, 3.05) is 17.2 Å². The first-order valence-electron chi connectivity index (χ1n) is 10.5. The second kappa shape index (κ2) is 9.99. The summed E-state index contributed by atoms with van der Waals surface area (Å²) in [6.45, 7) is 7.88. The fourth-order valence-electron chi connectivity index (χ4n) is 3.80. The van der Waals surface area contributed by atoms with Crippen LogP contribution in [-0.4, -0.2) is 44.9 Å². The Bertz CT molecular complexity index is 987. The molecule has 0 aliphatic heterocycles. The average Bonchev–Trinajstić information content (AvgIpc) is 3.31. The zero-order valence-electron chi connectivity index (χ0n) is 18.3. The van der Waals surface area contributed by atoms with Gasteiger partial charge >= 0.3 is 6.18 Å². The van der Waals surface area contributed by atoms with Crippen molar-refractivity contribution in [2.24, 2.45) is 5.92 Å². The normalized spacial score (nSPS) is 20.0. The van der Waals surface area contributed by atoms with Crippen LogP contribution in [0.4, 0.5) is 24.9 Å². The highest BCUT2D eigenvalue weighted by Gasteiger charge is 2.30. The molecule has 32 heavy (non-hydrogen) atoms. The summed E-state index contributed by atoms with van der Waals surface area (Å²) in [7, 11) is 0. The number of nitrogens with one attached hydrogen (secondary N) is 2. The SMILES string of the molecule is C=C/C=C\c1sc(-c2c(C)nc(NCC(F)(F)F)nc2NC2CCC(C(C)O)C2)nc1C. The molecule has 1 aliphatic carbocycles. The number of aliphatic hydroxyl groups is 1. The molecule has 2 heterocycles. The van der Waals surface area contributed by atoms with E-state index in [0.29, 0.717) is 22.1 Å². The predicted octanol–water partition coefficient (Wildman–Crippen LogP) is 5.35. The Kier molecular flexibility index (Phi) is 7.55. The molecule has 0 radical (unpaired) electrons. The number of thiazole rings is 1. The molecule has 6 nitrogen and oxygen atoms in total. The van der Waals surface area contributed by atoms with Gasteiger partial charge < -0.3 is 15.7 Å². The Morgan fingerprint density at radius 1 is 1.22 bits per heavy atom. The predicted molar refractivity (Wildman–Crippen MR) is 123 cm³/mol. The summed E-state index contributed by atoms with van der Waals surface area (Å²) in [4.78, 5) is 14.3. The molecule has 1 aliphatic rings. The molecule has 1 saturated carbocycles. The summed E-state index contributed by atoms with van der Waals surface area (Å²) in [6, 6.07) is 0.0549. The second-order valence-corrected chi connectivity index (χ2v) is 9.07. The van der Waals surface area contributed by atoms with Gasteiger partial charge in [-0.2, -0.15) is 18.2 Å². The second-order valence-electron chi connectivity index (χ2n) is 8.04. The minimum absolute atomic E-state index is 0.0549. The average molecular weight is 468 g/mol. The van der Waals surface area contributed by atoms with Crippen LogP contribution in [0.5, 0.6) is 0 Å². The van der Waals surface area contributed by atoms with Crippen LogP contribution >= 0.6 is 11.3 Å². The van der Waals surface area contributed by atoms with Crippen LogP contribution in [-0.2, 0) is 0 Å². The van der Waals surface area contributed by atoms with Crippen molar-refractivity contribution in [1.82, 2.24) is 15.0 Å². The molecule has 3 N–H and O–H groups in total. The van der Waals surface area contributed by atoms with Crippen LogP contribution in [0.25, 0.3) is 16.6 Å². The Hall–Kier alpha value is -2.46. The van der Waals surface area contributed by atoms with Crippen molar-refractivity contribution in [2.45, 2.75) is 58.4 Å². The Balaban J connectivity index is 1.97. The van der Waals surface area contributed by atoms with Gasteiger partial charge in [-0.25, -0.2) is 9.97 Å². The summed E-state index contributed by atoms with van der Waals surface area (Å²) in [6.07, 6.45) is 3.11. The van der Waals surface area contributed by atoms with Crippen LogP contribution in [0.2, 0.25) is 0 Å². The third-order valence-electron chi connectivity index (χ3n) is 5.46. The van der Waals surface area contributed by atoms with Crippen LogP contribution in [0, 0.1) is 19.8 Å². The fourth-order valence-corrected chi connectivity index (χ4v) is 4.87. The highest BCUT2D eigenvalue weighted by molar-refractivity contribution is 7.16. The summed E-state index contributed by atoms with van der Waals surface area (Å²) < 4.78 is 38.1. The van der Waals surface area contributed by atoms with Gasteiger partial charge in [-0.05, 0) is 52.0 Å². The van der Waals surface area contributed by atoms with E-state index >= 15 is 0 Å². The van der Waals surface area contributed by atoms with E-state index in [1.54, 1.807) is 19.9 Å². The minimum Gasteiger partial charge on any atom is -0.393 e. The zero-order chi connectivity index (χ0) is 23.5. The lowest BCUT2D eigenvalue weighted by Gasteiger charge is -2.19. The van der Waals surface area contributed by atoms with Crippen molar-refractivity contribution in [1.29, 1.82) is 0 Å².